The highest BCUT2D eigenvalue weighted by molar-refractivity contribution is 9.10. The second-order valence-corrected chi connectivity index (χ2v) is 5.90. The molecule has 21 heavy (non-hydrogen) atoms. The van der Waals surface area contributed by atoms with Crippen molar-refractivity contribution in [2.75, 3.05) is 13.2 Å². The maximum atomic E-state index is 11.5. The first kappa shape index (κ1) is 15.5. The molecular weight excluding hydrogens is 342 g/mol. The average molecular weight is 358 g/mol. The Labute approximate surface area is 130 Å². The summed E-state index contributed by atoms with van der Waals surface area (Å²) in [5.41, 5.74) is 0.0305. The van der Waals surface area contributed by atoms with Crippen molar-refractivity contribution < 1.29 is 14.3 Å². The average Bonchev–Trinajstić information content (AvgIpc) is 2.85. The van der Waals surface area contributed by atoms with Gasteiger partial charge in [0.25, 0.3) is 0 Å². The van der Waals surface area contributed by atoms with E-state index in [4.69, 9.17) is 9.47 Å². The van der Waals surface area contributed by atoms with Gasteiger partial charge in [-0.15, -0.1) is 10.2 Å². The molecule has 1 N–H and O–H groups in total. The second kappa shape index (κ2) is 6.25. The van der Waals surface area contributed by atoms with Crippen molar-refractivity contribution in [3.8, 4) is 5.75 Å². The van der Waals surface area contributed by atoms with E-state index in [1.54, 1.807) is 31.4 Å². The molecule has 0 aliphatic rings. The molecule has 2 aromatic heterocycles. The Morgan fingerprint density at radius 3 is 2.95 bits per heavy atom. The minimum atomic E-state index is -0.520. The van der Waals surface area contributed by atoms with Crippen molar-refractivity contribution >= 4 is 27.7 Å². The lowest BCUT2D eigenvalue weighted by molar-refractivity contribution is 0.0520. The zero-order valence-corrected chi connectivity index (χ0v) is 13.5. The molecule has 0 aliphatic carbocycles. The summed E-state index contributed by atoms with van der Waals surface area (Å²) in [6.07, 6.45) is 2.59. The molecule has 0 unspecified atom stereocenters. The third-order valence-corrected chi connectivity index (χ3v) is 2.87. The topological polar surface area (TPSA) is 90.6 Å². The van der Waals surface area contributed by atoms with Gasteiger partial charge in [0, 0.05) is 0 Å². The Kier molecular flexibility index (Phi) is 4.61. The molecule has 0 saturated carbocycles. The van der Waals surface area contributed by atoms with Gasteiger partial charge in [-0.1, -0.05) is 0 Å². The molecule has 9 heteroatoms. The summed E-state index contributed by atoms with van der Waals surface area (Å²) in [6, 6.07) is 0. The van der Waals surface area contributed by atoms with Gasteiger partial charge < -0.3 is 14.8 Å². The Bertz CT molecular complexity index is 637. The van der Waals surface area contributed by atoms with Crippen molar-refractivity contribution in [3.05, 3.63) is 17.3 Å². The zero-order chi connectivity index (χ0) is 15.5. The van der Waals surface area contributed by atoms with Gasteiger partial charge in [-0.05, 0) is 36.7 Å². The predicted octanol–water partition coefficient (Wildman–Crippen LogP) is 1.79. The number of alkyl carbamates (subject to hydrolysis) is 1. The summed E-state index contributed by atoms with van der Waals surface area (Å²) in [5.74, 6) is 0.488. The summed E-state index contributed by atoms with van der Waals surface area (Å²) in [4.78, 5) is 15.6. The van der Waals surface area contributed by atoms with Gasteiger partial charge in [-0.25, -0.2) is 9.78 Å². The number of hydrogen-bond acceptors (Lipinski definition) is 6. The number of hydrogen-bond donors (Lipinski definition) is 1. The molecule has 1 amide bonds. The van der Waals surface area contributed by atoms with E-state index in [9.17, 15) is 4.79 Å². The fourth-order valence-corrected chi connectivity index (χ4v) is 1.86. The number of fused-ring (bicyclic) bond motifs is 1. The first-order valence-corrected chi connectivity index (χ1v) is 7.10. The number of aromatic nitrogens is 4. The van der Waals surface area contributed by atoms with Crippen molar-refractivity contribution in [3.63, 3.8) is 0 Å². The number of halogens is 1. The molecule has 2 rings (SSSR count). The number of nitrogens with one attached hydrogen (secondary N) is 1. The third-order valence-electron chi connectivity index (χ3n) is 2.28. The van der Waals surface area contributed by atoms with E-state index in [0.29, 0.717) is 22.7 Å². The van der Waals surface area contributed by atoms with Crippen molar-refractivity contribution in [1.29, 1.82) is 0 Å². The molecule has 0 saturated heterocycles. The van der Waals surface area contributed by atoms with Gasteiger partial charge in [-0.3, -0.25) is 4.40 Å². The van der Waals surface area contributed by atoms with E-state index in [1.165, 1.54) is 6.33 Å². The van der Waals surface area contributed by atoms with E-state index in [0.717, 1.165) is 0 Å². The minimum Gasteiger partial charge on any atom is -0.486 e. The molecule has 0 spiro atoms. The molecule has 8 nitrogen and oxygen atoms in total. The largest absolute Gasteiger partial charge is 0.486 e. The van der Waals surface area contributed by atoms with Crippen LogP contribution < -0.4 is 10.1 Å². The van der Waals surface area contributed by atoms with Crippen LogP contribution in [-0.2, 0) is 4.74 Å². The summed E-state index contributed by atoms with van der Waals surface area (Å²) < 4.78 is 12.9. The highest BCUT2D eigenvalue weighted by atomic mass is 79.9. The maximum Gasteiger partial charge on any atom is 0.407 e. The number of rotatable bonds is 4. The van der Waals surface area contributed by atoms with E-state index >= 15 is 0 Å². The summed E-state index contributed by atoms with van der Waals surface area (Å²) in [7, 11) is 0. The Balaban J connectivity index is 1.85. The molecule has 0 fully saturated rings. The van der Waals surface area contributed by atoms with Gasteiger partial charge in [-0.2, -0.15) is 0 Å². The quantitative estimate of drug-likeness (QED) is 0.662. The van der Waals surface area contributed by atoms with E-state index in [-0.39, 0.29) is 6.61 Å². The lowest BCUT2D eigenvalue weighted by atomic mass is 10.2. The monoisotopic (exact) mass is 357 g/mol. The lowest BCUT2D eigenvalue weighted by Crippen LogP contribution is -2.34. The fourth-order valence-electron chi connectivity index (χ4n) is 1.50. The second-order valence-electron chi connectivity index (χ2n) is 5.19. The molecular formula is C12H16BrN5O3. The van der Waals surface area contributed by atoms with E-state index in [1.807, 2.05) is 0 Å². The van der Waals surface area contributed by atoms with Gasteiger partial charge in [0.1, 0.15) is 18.5 Å². The smallest absolute Gasteiger partial charge is 0.407 e. The number of nitrogens with zero attached hydrogens (tertiary/aromatic N) is 4. The van der Waals surface area contributed by atoms with Crippen LogP contribution in [0, 0.1) is 0 Å². The molecule has 0 aromatic carbocycles. The summed E-state index contributed by atoms with van der Waals surface area (Å²) >= 11 is 3.28. The van der Waals surface area contributed by atoms with Crippen molar-refractivity contribution in [2.45, 2.75) is 26.4 Å². The van der Waals surface area contributed by atoms with Crippen LogP contribution in [0.15, 0.2) is 17.3 Å². The Morgan fingerprint density at radius 1 is 1.48 bits per heavy atom. The molecule has 0 radical (unpaired) electrons. The van der Waals surface area contributed by atoms with Crippen LogP contribution in [0.2, 0.25) is 0 Å². The molecule has 0 atom stereocenters. The van der Waals surface area contributed by atoms with Crippen molar-refractivity contribution in [2.24, 2.45) is 0 Å². The summed E-state index contributed by atoms with van der Waals surface area (Å²) in [5, 5.41) is 10.3. The standard InChI is InChI=1S/C12H16BrN5O3/c1-12(2,3)21-11(19)14-4-5-20-8-6-15-10(13)18-7-16-17-9(8)18/h6-7H,4-5H2,1-3H3,(H,14,19). The number of carbonyl (C=O) groups excluding carboxylic acids is 1. The molecule has 0 bridgehead atoms. The molecule has 2 heterocycles. The van der Waals surface area contributed by atoms with Crippen LogP contribution in [0.3, 0.4) is 0 Å². The first-order valence-electron chi connectivity index (χ1n) is 6.31. The minimum absolute atomic E-state index is 0.269. The Morgan fingerprint density at radius 2 is 2.24 bits per heavy atom. The third kappa shape index (κ3) is 4.28. The van der Waals surface area contributed by atoms with Crippen LogP contribution >= 0.6 is 15.9 Å². The highest BCUT2D eigenvalue weighted by Crippen LogP contribution is 2.19. The van der Waals surface area contributed by atoms with Crippen LogP contribution in [-0.4, -0.2) is 44.4 Å². The normalized spacial score (nSPS) is 11.4. The van der Waals surface area contributed by atoms with Gasteiger partial charge in [0.2, 0.25) is 5.65 Å². The maximum absolute atomic E-state index is 11.5. The Hall–Kier alpha value is -1.90. The molecule has 2 aromatic rings. The van der Waals surface area contributed by atoms with E-state index < -0.39 is 11.7 Å². The van der Waals surface area contributed by atoms with E-state index in [2.05, 4.69) is 36.4 Å². The van der Waals surface area contributed by atoms with Gasteiger partial charge >= 0.3 is 6.09 Å². The summed E-state index contributed by atoms with van der Waals surface area (Å²) in [6.45, 7) is 5.99. The lowest BCUT2D eigenvalue weighted by Gasteiger charge is -2.19. The predicted molar refractivity (Wildman–Crippen MR) is 78.2 cm³/mol. The number of carbonyl (C=O) groups is 1. The molecule has 0 aliphatic heterocycles. The van der Waals surface area contributed by atoms with Gasteiger partial charge in [0.05, 0.1) is 12.7 Å². The fraction of sp³-hybridized carbons (Fsp3) is 0.500. The van der Waals surface area contributed by atoms with Crippen LogP contribution in [0.1, 0.15) is 20.8 Å². The molecule has 114 valence electrons. The zero-order valence-electron chi connectivity index (χ0n) is 12.0. The number of amides is 1. The van der Waals surface area contributed by atoms with Crippen LogP contribution in [0.5, 0.6) is 5.75 Å². The van der Waals surface area contributed by atoms with Crippen molar-refractivity contribution in [1.82, 2.24) is 24.9 Å². The number of ether oxygens (including phenoxy) is 2. The van der Waals surface area contributed by atoms with Crippen LogP contribution in [0.4, 0.5) is 4.79 Å². The van der Waals surface area contributed by atoms with Gasteiger partial charge in [0.15, 0.2) is 10.5 Å². The first-order chi connectivity index (χ1) is 9.87. The SMILES string of the molecule is CC(C)(C)OC(=O)NCCOc1cnc(Br)n2cnnc12. The van der Waals surface area contributed by atoms with Crippen LogP contribution in [0.25, 0.3) is 5.65 Å². The highest BCUT2D eigenvalue weighted by Gasteiger charge is 2.15.